The minimum Gasteiger partial charge on any atom is -0.346 e. The molecule has 0 heterocycles. The third-order valence-corrected chi connectivity index (χ3v) is 4.55. The molecule has 0 fully saturated rings. The van der Waals surface area contributed by atoms with Crippen molar-refractivity contribution in [3.8, 4) is 0 Å². The number of amides is 2. The minimum atomic E-state index is -0.605. The summed E-state index contributed by atoms with van der Waals surface area (Å²) in [7, 11) is 0. The molecule has 2 aromatic carbocycles. The molecule has 4 N–H and O–H groups in total. The zero-order valence-corrected chi connectivity index (χ0v) is 15.3. The highest BCUT2D eigenvalue weighted by Gasteiger charge is 2.21. The predicted octanol–water partition coefficient (Wildman–Crippen LogP) is 2.38. The van der Waals surface area contributed by atoms with Crippen molar-refractivity contribution in [3.05, 3.63) is 71.8 Å². The Hall–Kier alpha value is -2.66. The van der Waals surface area contributed by atoms with Gasteiger partial charge in [0.1, 0.15) is 0 Å². The number of nitrogens with one attached hydrogen (secondary N) is 2. The summed E-state index contributed by atoms with van der Waals surface area (Å²) < 4.78 is 0. The normalized spacial score (nSPS) is 13.1. The summed E-state index contributed by atoms with van der Waals surface area (Å²) in [6.45, 7) is 3.80. The van der Waals surface area contributed by atoms with Gasteiger partial charge in [0.15, 0.2) is 0 Å². The van der Waals surface area contributed by atoms with E-state index >= 15 is 0 Å². The van der Waals surface area contributed by atoms with Gasteiger partial charge in [0.2, 0.25) is 11.8 Å². The van der Waals surface area contributed by atoms with E-state index in [1.54, 1.807) is 0 Å². The van der Waals surface area contributed by atoms with Crippen molar-refractivity contribution < 1.29 is 9.59 Å². The van der Waals surface area contributed by atoms with E-state index in [9.17, 15) is 9.59 Å². The zero-order chi connectivity index (χ0) is 18.9. The summed E-state index contributed by atoms with van der Waals surface area (Å²) in [5.74, 6) is -0.489. The summed E-state index contributed by atoms with van der Waals surface area (Å²) in [5.41, 5.74) is 7.86. The molecule has 2 amide bonds. The van der Waals surface area contributed by atoms with Gasteiger partial charge in [0.05, 0.1) is 18.6 Å². The van der Waals surface area contributed by atoms with E-state index in [0.717, 1.165) is 17.5 Å². The number of carbonyl (C=O) groups excluding carboxylic acids is 2. The molecule has 26 heavy (non-hydrogen) atoms. The van der Waals surface area contributed by atoms with Crippen LogP contribution in [0, 0.1) is 5.92 Å². The summed E-state index contributed by atoms with van der Waals surface area (Å²) >= 11 is 0. The van der Waals surface area contributed by atoms with E-state index in [-0.39, 0.29) is 30.3 Å². The second kappa shape index (κ2) is 9.73. The van der Waals surface area contributed by atoms with Crippen LogP contribution in [0.3, 0.4) is 0 Å². The first-order valence-corrected chi connectivity index (χ1v) is 8.95. The number of benzene rings is 2. The second-order valence-corrected chi connectivity index (χ2v) is 6.45. The number of rotatable bonds is 8. The van der Waals surface area contributed by atoms with Gasteiger partial charge in [0, 0.05) is 0 Å². The van der Waals surface area contributed by atoms with Gasteiger partial charge in [0.25, 0.3) is 0 Å². The molecule has 5 heteroatoms. The van der Waals surface area contributed by atoms with E-state index in [4.69, 9.17) is 5.73 Å². The molecule has 0 saturated carbocycles. The largest absolute Gasteiger partial charge is 0.346 e. The van der Waals surface area contributed by atoms with Crippen molar-refractivity contribution in [1.29, 1.82) is 0 Å². The first-order chi connectivity index (χ1) is 12.5. The van der Waals surface area contributed by atoms with Crippen LogP contribution in [0.4, 0.5) is 0 Å². The molecule has 0 radical (unpaired) electrons. The van der Waals surface area contributed by atoms with Gasteiger partial charge >= 0.3 is 0 Å². The molecule has 0 saturated heterocycles. The van der Waals surface area contributed by atoms with Gasteiger partial charge < -0.3 is 16.4 Å². The van der Waals surface area contributed by atoms with Crippen molar-refractivity contribution in [2.45, 2.75) is 32.4 Å². The SMILES string of the molecule is CC[C@H](C)[C@H](N)C(=O)NCC(=O)NC(c1ccccc1)c1ccccc1. The average molecular weight is 353 g/mol. The van der Waals surface area contributed by atoms with Crippen molar-refractivity contribution in [2.75, 3.05) is 6.54 Å². The summed E-state index contributed by atoms with van der Waals surface area (Å²) in [6.07, 6.45) is 0.810. The van der Waals surface area contributed by atoms with Crippen LogP contribution < -0.4 is 16.4 Å². The summed E-state index contributed by atoms with van der Waals surface area (Å²) in [5, 5.41) is 5.62. The molecule has 0 unspecified atom stereocenters. The standard InChI is InChI=1S/C21H27N3O2/c1-3-15(2)19(22)21(26)23-14-18(25)24-20(16-10-6-4-7-11-16)17-12-8-5-9-13-17/h4-13,15,19-20H,3,14,22H2,1-2H3,(H,23,26)(H,24,25)/t15-,19-/m0/s1. The fourth-order valence-electron chi connectivity index (χ4n) is 2.66. The molecule has 138 valence electrons. The quantitative estimate of drug-likeness (QED) is 0.681. The van der Waals surface area contributed by atoms with Crippen LogP contribution in [-0.2, 0) is 9.59 Å². The van der Waals surface area contributed by atoms with Crippen molar-refractivity contribution >= 4 is 11.8 Å². The molecule has 2 atom stereocenters. The summed E-state index contributed by atoms with van der Waals surface area (Å²) in [4.78, 5) is 24.5. The van der Waals surface area contributed by atoms with Crippen molar-refractivity contribution in [1.82, 2.24) is 10.6 Å². The van der Waals surface area contributed by atoms with Crippen LogP contribution in [0.2, 0.25) is 0 Å². The summed E-state index contributed by atoms with van der Waals surface area (Å²) in [6, 6.07) is 18.6. The molecule has 2 rings (SSSR count). The molecule has 5 nitrogen and oxygen atoms in total. The molecule has 0 bridgehead atoms. The highest BCUT2D eigenvalue weighted by atomic mass is 16.2. The van der Waals surface area contributed by atoms with E-state index in [1.807, 2.05) is 74.5 Å². The highest BCUT2D eigenvalue weighted by Crippen LogP contribution is 2.21. The minimum absolute atomic E-state index is 0.0689. The molecular weight excluding hydrogens is 326 g/mol. The van der Waals surface area contributed by atoms with Crippen LogP contribution in [-0.4, -0.2) is 24.4 Å². The predicted molar refractivity (Wildman–Crippen MR) is 103 cm³/mol. The van der Waals surface area contributed by atoms with Crippen LogP contribution in [0.15, 0.2) is 60.7 Å². The molecule has 0 spiro atoms. The van der Waals surface area contributed by atoms with Gasteiger partial charge in [-0.25, -0.2) is 0 Å². The van der Waals surface area contributed by atoms with E-state index < -0.39 is 6.04 Å². The molecular formula is C21H27N3O2. The van der Waals surface area contributed by atoms with Crippen molar-refractivity contribution in [3.63, 3.8) is 0 Å². The fourth-order valence-corrected chi connectivity index (χ4v) is 2.66. The van der Waals surface area contributed by atoms with Gasteiger partial charge in [-0.3, -0.25) is 9.59 Å². The first-order valence-electron chi connectivity index (χ1n) is 8.95. The van der Waals surface area contributed by atoms with Gasteiger partial charge in [-0.2, -0.15) is 0 Å². The Morgan fingerprint density at radius 3 is 1.92 bits per heavy atom. The highest BCUT2D eigenvalue weighted by molar-refractivity contribution is 5.87. The van der Waals surface area contributed by atoms with Crippen LogP contribution in [0.1, 0.15) is 37.4 Å². The lowest BCUT2D eigenvalue weighted by Crippen LogP contribution is -2.48. The lowest BCUT2D eigenvalue weighted by atomic mass is 9.98. The maximum Gasteiger partial charge on any atom is 0.240 e. The van der Waals surface area contributed by atoms with Gasteiger partial charge in [-0.15, -0.1) is 0 Å². The smallest absolute Gasteiger partial charge is 0.240 e. The fraction of sp³-hybridized carbons (Fsp3) is 0.333. The average Bonchev–Trinajstić information content (AvgIpc) is 2.70. The van der Waals surface area contributed by atoms with E-state index in [2.05, 4.69) is 10.6 Å². The maximum atomic E-state index is 12.4. The number of nitrogens with two attached hydrogens (primary N) is 1. The Balaban J connectivity index is 2.02. The Morgan fingerprint density at radius 2 is 1.46 bits per heavy atom. The lowest BCUT2D eigenvalue weighted by Gasteiger charge is -2.21. The van der Waals surface area contributed by atoms with Gasteiger partial charge in [-0.1, -0.05) is 80.9 Å². The number of hydrogen-bond acceptors (Lipinski definition) is 3. The molecule has 0 aliphatic heterocycles. The van der Waals surface area contributed by atoms with Crippen molar-refractivity contribution in [2.24, 2.45) is 11.7 Å². The zero-order valence-electron chi connectivity index (χ0n) is 15.3. The van der Waals surface area contributed by atoms with E-state index in [1.165, 1.54) is 0 Å². The monoisotopic (exact) mass is 353 g/mol. The first kappa shape index (κ1) is 19.7. The molecule has 0 aliphatic carbocycles. The third kappa shape index (κ3) is 5.43. The van der Waals surface area contributed by atoms with Crippen LogP contribution in [0.25, 0.3) is 0 Å². The number of carbonyl (C=O) groups is 2. The lowest BCUT2D eigenvalue weighted by molar-refractivity contribution is -0.127. The van der Waals surface area contributed by atoms with Gasteiger partial charge in [-0.05, 0) is 17.0 Å². The Morgan fingerprint density at radius 1 is 0.962 bits per heavy atom. The van der Waals surface area contributed by atoms with Crippen LogP contribution in [0.5, 0.6) is 0 Å². The number of hydrogen-bond donors (Lipinski definition) is 3. The van der Waals surface area contributed by atoms with Crippen LogP contribution >= 0.6 is 0 Å². The molecule has 2 aromatic rings. The Kier molecular flexibility index (Phi) is 7.36. The maximum absolute atomic E-state index is 12.4. The third-order valence-electron chi connectivity index (χ3n) is 4.55. The Bertz CT molecular complexity index is 664. The Labute approximate surface area is 155 Å². The second-order valence-electron chi connectivity index (χ2n) is 6.45. The molecule has 0 aliphatic rings. The van der Waals surface area contributed by atoms with E-state index in [0.29, 0.717) is 0 Å². The molecule has 0 aromatic heterocycles. The topological polar surface area (TPSA) is 84.2 Å².